The Labute approximate surface area is 179 Å². The molecule has 0 saturated heterocycles. The first-order valence-electron chi connectivity index (χ1n) is 12.3. The highest BCUT2D eigenvalue weighted by Gasteiger charge is 2.21. The molecule has 0 aromatic carbocycles. The van der Waals surface area contributed by atoms with E-state index in [-0.39, 0.29) is 5.97 Å². The maximum absolute atomic E-state index is 12.2. The molecule has 0 radical (unpaired) electrons. The molecule has 29 heavy (non-hydrogen) atoms. The van der Waals surface area contributed by atoms with Crippen molar-refractivity contribution in [3.8, 4) is 0 Å². The summed E-state index contributed by atoms with van der Waals surface area (Å²) in [5.41, 5.74) is 0. The highest BCUT2D eigenvalue weighted by Crippen LogP contribution is 2.12. The standard InChI is InChI=1S/C24H47NO4/c1-4-7-9-10-11-12-13-14-15-16-17-18-21-28-23(26)22(19-6-3)25-24(27)29-20-8-5-2/h22H,4-21H2,1-3H3,(H,25,27). The highest BCUT2D eigenvalue weighted by molar-refractivity contribution is 5.81. The number of carbonyl (C=O) groups excluding carboxylic acids is 2. The molecular formula is C24H47NO4. The molecule has 0 saturated carbocycles. The number of hydrogen-bond donors (Lipinski definition) is 1. The van der Waals surface area contributed by atoms with Crippen LogP contribution < -0.4 is 5.32 Å². The summed E-state index contributed by atoms with van der Waals surface area (Å²) in [6.07, 6.45) is 18.0. The third kappa shape index (κ3) is 18.5. The maximum atomic E-state index is 12.2. The van der Waals surface area contributed by atoms with Crippen LogP contribution in [-0.2, 0) is 14.3 Å². The van der Waals surface area contributed by atoms with E-state index < -0.39 is 12.1 Å². The van der Waals surface area contributed by atoms with Crippen LogP contribution in [0.3, 0.4) is 0 Å². The summed E-state index contributed by atoms with van der Waals surface area (Å²) in [6.45, 7) is 7.09. The predicted molar refractivity (Wildman–Crippen MR) is 120 cm³/mol. The quantitative estimate of drug-likeness (QED) is 0.174. The summed E-state index contributed by atoms with van der Waals surface area (Å²) in [4.78, 5) is 24.0. The molecule has 5 nitrogen and oxygen atoms in total. The van der Waals surface area contributed by atoms with Gasteiger partial charge >= 0.3 is 12.1 Å². The lowest BCUT2D eigenvalue weighted by molar-refractivity contribution is -0.146. The second-order valence-corrected chi connectivity index (χ2v) is 8.03. The minimum atomic E-state index is -0.605. The number of unbranched alkanes of at least 4 members (excludes halogenated alkanes) is 12. The first-order valence-corrected chi connectivity index (χ1v) is 12.3. The average Bonchev–Trinajstić information content (AvgIpc) is 2.71. The SMILES string of the molecule is CCCCCCCCCCCCCCOC(=O)C(CCC)NC(=O)OCCCC. The lowest BCUT2D eigenvalue weighted by Gasteiger charge is -2.17. The molecule has 0 aliphatic heterocycles. The van der Waals surface area contributed by atoms with Crippen LogP contribution in [-0.4, -0.2) is 31.3 Å². The smallest absolute Gasteiger partial charge is 0.407 e. The Kier molecular flexibility index (Phi) is 20.5. The van der Waals surface area contributed by atoms with Crippen molar-refractivity contribution in [2.75, 3.05) is 13.2 Å². The van der Waals surface area contributed by atoms with E-state index in [0.717, 1.165) is 32.1 Å². The number of amides is 1. The highest BCUT2D eigenvalue weighted by atomic mass is 16.6. The Morgan fingerprint density at radius 3 is 1.62 bits per heavy atom. The Balaban J connectivity index is 3.66. The molecule has 1 atom stereocenters. The van der Waals surface area contributed by atoms with Crippen molar-refractivity contribution in [3.05, 3.63) is 0 Å². The summed E-state index contributed by atoms with van der Waals surface area (Å²) in [5, 5.41) is 2.64. The molecule has 0 aromatic rings. The second-order valence-electron chi connectivity index (χ2n) is 8.03. The number of ether oxygens (including phenoxy) is 2. The fraction of sp³-hybridized carbons (Fsp3) is 0.917. The largest absolute Gasteiger partial charge is 0.464 e. The van der Waals surface area contributed by atoms with E-state index in [1.54, 1.807) is 0 Å². The van der Waals surface area contributed by atoms with Crippen LogP contribution in [0.25, 0.3) is 0 Å². The van der Waals surface area contributed by atoms with Gasteiger partial charge < -0.3 is 14.8 Å². The molecule has 0 aromatic heterocycles. The Morgan fingerprint density at radius 2 is 1.10 bits per heavy atom. The number of nitrogens with one attached hydrogen (secondary N) is 1. The molecule has 172 valence electrons. The van der Waals surface area contributed by atoms with Crippen molar-refractivity contribution in [1.82, 2.24) is 5.32 Å². The van der Waals surface area contributed by atoms with E-state index in [2.05, 4.69) is 12.2 Å². The van der Waals surface area contributed by atoms with E-state index in [9.17, 15) is 9.59 Å². The number of rotatable bonds is 20. The van der Waals surface area contributed by atoms with Gasteiger partial charge in [0.25, 0.3) is 0 Å². The molecule has 0 aliphatic rings. The molecule has 0 bridgehead atoms. The fourth-order valence-corrected chi connectivity index (χ4v) is 3.25. The Bertz CT molecular complexity index is 387. The van der Waals surface area contributed by atoms with Gasteiger partial charge in [0.05, 0.1) is 13.2 Å². The van der Waals surface area contributed by atoms with Gasteiger partial charge in [-0.25, -0.2) is 9.59 Å². The van der Waals surface area contributed by atoms with Gasteiger partial charge in [0, 0.05) is 0 Å². The lowest BCUT2D eigenvalue weighted by Crippen LogP contribution is -2.42. The summed E-state index contributed by atoms with van der Waals surface area (Å²) in [5.74, 6) is -0.345. The third-order valence-corrected chi connectivity index (χ3v) is 5.13. The van der Waals surface area contributed by atoms with Crippen molar-refractivity contribution >= 4 is 12.1 Å². The molecule has 0 fully saturated rings. The van der Waals surface area contributed by atoms with Gasteiger partial charge in [-0.1, -0.05) is 104 Å². The van der Waals surface area contributed by atoms with Gasteiger partial charge in [0.1, 0.15) is 6.04 Å². The molecule has 0 aliphatic carbocycles. The average molecular weight is 414 g/mol. The van der Waals surface area contributed by atoms with Crippen molar-refractivity contribution in [1.29, 1.82) is 0 Å². The lowest BCUT2D eigenvalue weighted by atomic mass is 10.1. The zero-order valence-corrected chi connectivity index (χ0v) is 19.4. The third-order valence-electron chi connectivity index (χ3n) is 5.13. The number of hydrogen-bond acceptors (Lipinski definition) is 4. The summed E-state index contributed by atoms with van der Waals surface area (Å²) < 4.78 is 10.4. The minimum Gasteiger partial charge on any atom is -0.464 e. The predicted octanol–water partition coefficient (Wildman–Crippen LogP) is 6.93. The molecule has 0 heterocycles. The van der Waals surface area contributed by atoms with Gasteiger partial charge in [0.2, 0.25) is 0 Å². The van der Waals surface area contributed by atoms with Crippen molar-refractivity contribution in [3.63, 3.8) is 0 Å². The summed E-state index contributed by atoms with van der Waals surface area (Å²) in [6, 6.07) is -0.605. The van der Waals surface area contributed by atoms with E-state index in [4.69, 9.17) is 9.47 Å². The molecular weight excluding hydrogens is 366 g/mol. The van der Waals surface area contributed by atoms with Crippen LogP contribution in [0.5, 0.6) is 0 Å². The fourth-order valence-electron chi connectivity index (χ4n) is 3.25. The number of alkyl carbamates (subject to hydrolysis) is 1. The molecule has 5 heteroatoms. The van der Waals surface area contributed by atoms with Gasteiger partial charge in [0.15, 0.2) is 0 Å². The van der Waals surface area contributed by atoms with Crippen LogP contribution >= 0.6 is 0 Å². The monoisotopic (exact) mass is 413 g/mol. The number of esters is 1. The van der Waals surface area contributed by atoms with Gasteiger partial charge in [-0.15, -0.1) is 0 Å². The van der Waals surface area contributed by atoms with E-state index >= 15 is 0 Å². The molecule has 0 rings (SSSR count). The van der Waals surface area contributed by atoms with Crippen LogP contribution in [0.4, 0.5) is 4.79 Å². The van der Waals surface area contributed by atoms with Gasteiger partial charge in [-0.05, 0) is 19.3 Å². The zero-order chi connectivity index (χ0) is 21.6. The first kappa shape index (κ1) is 27.7. The normalized spacial score (nSPS) is 11.8. The number of carbonyl (C=O) groups is 2. The molecule has 0 spiro atoms. The van der Waals surface area contributed by atoms with Gasteiger partial charge in [-0.3, -0.25) is 0 Å². The summed E-state index contributed by atoms with van der Waals surface area (Å²) in [7, 11) is 0. The van der Waals surface area contributed by atoms with E-state index in [0.29, 0.717) is 19.6 Å². The second kappa shape index (κ2) is 21.4. The Hall–Kier alpha value is -1.26. The molecule has 1 amide bonds. The van der Waals surface area contributed by atoms with Crippen molar-refractivity contribution < 1.29 is 19.1 Å². The van der Waals surface area contributed by atoms with Crippen molar-refractivity contribution in [2.24, 2.45) is 0 Å². The van der Waals surface area contributed by atoms with Crippen LogP contribution in [0.15, 0.2) is 0 Å². The van der Waals surface area contributed by atoms with E-state index in [1.807, 2.05) is 13.8 Å². The van der Waals surface area contributed by atoms with Crippen LogP contribution in [0, 0.1) is 0 Å². The molecule has 1 unspecified atom stereocenters. The van der Waals surface area contributed by atoms with Gasteiger partial charge in [-0.2, -0.15) is 0 Å². The van der Waals surface area contributed by atoms with Crippen molar-refractivity contribution in [2.45, 2.75) is 130 Å². The molecule has 1 N–H and O–H groups in total. The minimum absolute atomic E-state index is 0.345. The zero-order valence-electron chi connectivity index (χ0n) is 19.4. The Morgan fingerprint density at radius 1 is 0.621 bits per heavy atom. The first-order chi connectivity index (χ1) is 14.2. The topological polar surface area (TPSA) is 64.6 Å². The van der Waals surface area contributed by atoms with Crippen LogP contribution in [0.2, 0.25) is 0 Å². The van der Waals surface area contributed by atoms with E-state index in [1.165, 1.54) is 64.2 Å². The summed E-state index contributed by atoms with van der Waals surface area (Å²) >= 11 is 0. The van der Waals surface area contributed by atoms with Crippen LogP contribution in [0.1, 0.15) is 124 Å². The maximum Gasteiger partial charge on any atom is 0.407 e.